The second-order valence-electron chi connectivity index (χ2n) is 3.52. The molecule has 0 unspecified atom stereocenters. The standard InChI is InChI=1S/C12H12O3/c1-3-10-7(2)9-6-8(12(13)14)4-5-11(9)15-10/h4-6H,3H2,1-2H3,(H,13,14). The fourth-order valence-corrected chi connectivity index (χ4v) is 1.74. The van der Waals surface area contributed by atoms with Crippen molar-refractivity contribution in [2.75, 3.05) is 0 Å². The van der Waals surface area contributed by atoms with Gasteiger partial charge < -0.3 is 9.52 Å². The molecular weight excluding hydrogens is 192 g/mol. The topological polar surface area (TPSA) is 50.4 Å². The lowest BCUT2D eigenvalue weighted by Gasteiger charge is -1.94. The third kappa shape index (κ3) is 1.50. The zero-order chi connectivity index (χ0) is 11.0. The van der Waals surface area contributed by atoms with Gasteiger partial charge in [-0.25, -0.2) is 4.79 Å². The first-order valence-corrected chi connectivity index (χ1v) is 4.88. The Hall–Kier alpha value is -1.77. The molecule has 0 radical (unpaired) electrons. The van der Waals surface area contributed by atoms with Crippen molar-refractivity contribution in [1.29, 1.82) is 0 Å². The van der Waals surface area contributed by atoms with Crippen LogP contribution in [-0.2, 0) is 6.42 Å². The minimum Gasteiger partial charge on any atom is -0.478 e. The number of aryl methyl sites for hydroxylation is 2. The van der Waals surface area contributed by atoms with Crippen LogP contribution in [0.15, 0.2) is 22.6 Å². The molecule has 0 atom stereocenters. The monoisotopic (exact) mass is 204 g/mol. The van der Waals surface area contributed by atoms with Crippen LogP contribution in [0.2, 0.25) is 0 Å². The summed E-state index contributed by atoms with van der Waals surface area (Å²) in [4.78, 5) is 10.8. The van der Waals surface area contributed by atoms with Crippen LogP contribution in [0, 0.1) is 6.92 Å². The molecule has 15 heavy (non-hydrogen) atoms. The lowest BCUT2D eigenvalue weighted by Crippen LogP contribution is -1.94. The molecule has 2 aromatic rings. The van der Waals surface area contributed by atoms with E-state index < -0.39 is 5.97 Å². The number of carboxylic acid groups (broad SMARTS) is 1. The highest BCUT2D eigenvalue weighted by molar-refractivity contribution is 5.94. The Morgan fingerprint density at radius 1 is 1.47 bits per heavy atom. The number of furan rings is 1. The third-order valence-corrected chi connectivity index (χ3v) is 2.60. The second kappa shape index (κ2) is 3.42. The summed E-state index contributed by atoms with van der Waals surface area (Å²) in [6.07, 6.45) is 0.822. The van der Waals surface area contributed by atoms with Crippen LogP contribution in [0.5, 0.6) is 0 Å². The van der Waals surface area contributed by atoms with Crippen LogP contribution in [0.25, 0.3) is 11.0 Å². The molecule has 78 valence electrons. The minimum absolute atomic E-state index is 0.300. The van der Waals surface area contributed by atoms with Crippen molar-refractivity contribution in [1.82, 2.24) is 0 Å². The maximum absolute atomic E-state index is 10.8. The van der Waals surface area contributed by atoms with Gasteiger partial charge in [-0.05, 0) is 30.7 Å². The molecule has 0 saturated carbocycles. The predicted octanol–water partition coefficient (Wildman–Crippen LogP) is 3.00. The van der Waals surface area contributed by atoms with E-state index >= 15 is 0 Å². The van der Waals surface area contributed by atoms with Crippen molar-refractivity contribution in [3.8, 4) is 0 Å². The molecule has 0 fully saturated rings. The summed E-state index contributed by atoms with van der Waals surface area (Å²) < 4.78 is 5.59. The van der Waals surface area contributed by atoms with E-state index in [2.05, 4.69) is 0 Å². The maximum Gasteiger partial charge on any atom is 0.335 e. The molecule has 1 N–H and O–H groups in total. The molecule has 1 aromatic carbocycles. The van der Waals surface area contributed by atoms with Gasteiger partial charge in [-0.1, -0.05) is 6.92 Å². The van der Waals surface area contributed by atoms with E-state index in [9.17, 15) is 4.79 Å². The number of rotatable bonds is 2. The van der Waals surface area contributed by atoms with E-state index in [0.29, 0.717) is 5.56 Å². The molecule has 0 amide bonds. The molecule has 3 nitrogen and oxygen atoms in total. The first-order chi connectivity index (χ1) is 7.13. The van der Waals surface area contributed by atoms with Crippen molar-refractivity contribution in [2.45, 2.75) is 20.3 Å². The molecule has 0 bridgehead atoms. The minimum atomic E-state index is -0.907. The summed E-state index contributed by atoms with van der Waals surface area (Å²) in [6.45, 7) is 3.97. The van der Waals surface area contributed by atoms with Gasteiger partial charge in [-0.3, -0.25) is 0 Å². The highest BCUT2D eigenvalue weighted by atomic mass is 16.4. The van der Waals surface area contributed by atoms with Crippen molar-refractivity contribution in [2.24, 2.45) is 0 Å². The molecule has 2 rings (SSSR count). The summed E-state index contributed by atoms with van der Waals surface area (Å²) in [7, 11) is 0. The smallest absolute Gasteiger partial charge is 0.335 e. The number of hydrogen-bond donors (Lipinski definition) is 1. The lowest BCUT2D eigenvalue weighted by atomic mass is 10.1. The lowest BCUT2D eigenvalue weighted by molar-refractivity contribution is 0.0697. The number of aromatic carboxylic acids is 1. The highest BCUT2D eigenvalue weighted by Crippen LogP contribution is 2.26. The summed E-state index contributed by atoms with van der Waals surface area (Å²) >= 11 is 0. The fourth-order valence-electron chi connectivity index (χ4n) is 1.74. The fraction of sp³-hybridized carbons (Fsp3) is 0.250. The Morgan fingerprint density at radius 3 is 2.80 bits per heavy atom. The van der Waals surface area contributed by atoms with Crippen LogP contribution in [0.4, 0.5) is 0 Å². The largest absolute Gasteiger partial charge is 0.478 e. The molecule has 0 saturated heterocycles. The molecule has 0 aliphatic rings. The van der Waals surface area contributed by atoms with E-state index in [1.807, 2.05) is 13.8 Å². The van der Waals surface area contributed by atoms with E-state index in [1.165, 1.54) is 0 Å². The van der Waals surface area contributed by atoms with Crippen LogP contribution in [-0.4, -0.2) is 11.1 Å². The van der Waals surface area contributed by atoms with Crippen LogP contribution >= 0.6 is 0 Å². The zero-order valence-corrected chi connectivity index (χ0v) is 8.70. The number of benzene rings is 1. The number of fused-ring (bicyclic) bond motifs is 1. The second-order valence-corrected chi connectivity index (χ2v) is 3.52. The quantitative estimate of drug-likeness (QED) is 0.818. The Labute approximate surface area is 87.3 Å². The average Bonchev–Trinajstić information content (AvgIpc) is 2.55. The Balaban J connectivity index is 2.70. The molecule has 1 heterocycles. The highest BCUT2D eigenvalue weighted by Gasteiger charge is 2.11. The molecule has 0 spiro atoms. The number of hydrogen-bond acceptors (Lipinski definition) is 2. The van der Waals surface area contributed by atoms with Gasteiger partial charge >= 0.3 is 5.97 Å². The van der Waals surface area contributed by atoms with Crippen molar-refractivity contribution >= 4 is 16.9 Å². The Bertz CT molecular complexity index is 523. The number of carbonyl (C=O) groups is 1. The summed E-state index contributed by atoms with van der Waals surface area (Å²) in [5, 5.41) is 9.76. The molecular formula is C12H12O3. The van der Waals surface area contributed by atoms with Gasteiger partial charge in [-0.15, -0.1) is 0 Å². The SMILES string of the molecule is CCc1oc2ccc(C(=O)O)cc2c1C. The molecule has 1 aromatic heterocycles. The summed E-state index contributed by atoms with van der Waals surface area (Å²) in [5.41, 5.74) is 2.10. The average molecular weight is 204 g/mol. The van der Waals surface area contributed by atoms with Gasteiger partial charge in [0.25, 0.3) is 0 Å². The maximum atomic E-state index is 10.8. The first kappa shape index (κ1) is 9.77. The van der Waals surface area contributed by atoms with E-state index in [4.69, 9.17) is 9.52 Å². The first-order valence-electron chi connectivity index (χ1n) is 4.88. The van der Waals surface area contributed by atoms with Gasteiger partial charge in [-0.2, -0.15) is 0 Å². The summed E-state index contributed by atoms with van der Waals surface area (Å²) in [5.74, 6) is 0.0167. The van der Waals surface area contributed by atoms with Crippen LogP contribution in [0.1, 0.15) is 28.6 Å². The van der Waals surface area contributed by atoms with E-state index in [-0.39, 0.29) is 0 Å². The van der Waals surface area contributed by atoms with E-state index in [1.54, 1.807) is 18.2 Å². The van der Waals surface area contributed by atoms with Gasteiger partial charge in [0.2, 0.25) is 0 Å². The van der Waals surface area contributed by atoms with Crippen LogP contribution < -0.4 is 0 Å². The Kier molecular flexibility index (Phi) is 2.23. The molecule has 3 heteroatoms. The van der Waals surface area contributed by atoms with Crippen LogP contribution in [0.3, 0.4) is 0 Å². The Morgan fingerprint density at radius 2 is 2.20 bits per heavy atom. The van der Waals surface area contributed by atoms with Gasteiger partial charge in [0.05, 0.1) is 5.56 Å². The normalized spacial score (nSPS) is 10.8. The predicted molar refractivity (Wildman–Crippen MR) is 57.3 cm³/mol. The van der Waals surface area contributed by atoms with Crippen molar-refractivity contribution < 1.29 is 14.3 Å². The molecule has 0 aliphatic heterocycles. The van der Waals surface area contributed by atoms with Crippen molar-refractivity contribution in [3.05, 3.63) is 35.1 Å². The van der Waals surface area contributed by atoms with Gasteiger partial charge in [0, 0.05) is 11.8 Å². The number of carboxylic acids is 1. The summed E-state index contributed by atoms with van der Waals surface area (Å²) in [6, 6.07) is 4.94. The van der Waals surface area contributed by atoms with Gasteiger partial charge in [0.15, 0.2) is 0 Å². The zero-order valence-electron chi connectivity index (χ0n) is 8.70. The van der Waals surface area contributed by atoms with Gasteiger partial charge in [0.1, 0.15) is 11.3 Å². The third-order valence-electron chi connectivity index (χ3n) is 2.60. The van der Waals surface area contributed by atoms with Crippen molar-refractivity contribution in [3.63, 3.8) is 0 Å². The van der Waals surface area contributed by atoms with E-state index in [0.717, 1.165) is 28.7 Å². The molecule has 0 aliphatic carbocycles.